The Morgan fingerprint density at radius 2 is 0.738 bits per heavy atom. The van der Waals surface area contributed by atoms with Crippen molar-refractivity contribution >= 4 is 130 Å². The van der Waals surface area contributed by atoms with E-state index < -0.39 is 40.1 Å². The molecular weight excluding hydrogens is 1840 g/mol. The fourth-order valence-corrected chi connectivity index (χ4v) is 24.8. The predicted octanol–water partition coefficient (Wildman–Crippen LogP) is 22.7. The topological polar surface area (TPSA) is 302 Å². The maximum absolute atomic E-state index is 13.2. The van der Waals surface area contributed by atoms with Crippen LogP contribution >= 0.6 is 49.9 Å². The van der Waals surface area contributed by atoms with E-state index in [1.807, 2.05) is 77.4 Å². The van der Waals surface area contributed by atoms with Crippen molar-refractivity contribution in [3.05, 3.63) is 216 Å². The number of sulfonamides is 4. The minimum Gasteiger partial charge on any atom is -0.429 e. The lowest BCUT2D eigenvalue weighted by atomic mass is 9.94. The summed E-state index contributed by atoms with van der Waals surface area (Å²) in [4.78, 5) is 64.4. The zero-order valence-corrected chi connectivity index (χ0v) is 83.8. The highest BCUT2D eigenvalue weighted by molar-refractivity contribution is 9.10. The van der Waals surface area contributed by atoms with Crippen molar-refractivity contribution in [3.63, 3.8) is 0 Å². The molecule has 3 amide bonds. The SMILES string of the molecule is CC.CCCC#Cc1sc(NC(=O)c2ccc(S(=O)(=O)N3CCC(CCC)CC3)cc2)nc1-c1cc(C)ccc1C.CCCC1CCN(S(=O)(=O)c2ccc(C(=O)Nc3nc(-c4cc(C)ccc4Br)cs3)cc2)CC1.CCCC1CCN(S(=O)(=O)c2ccc(C(=O)Nc3nc(-c4cc(C)ccc4C)cs3)cc2)CC1.CCCC1CCN(S(=O)(=O)c2ccc(OC=O)cc2)CC1. The maximum Gasteiger partial charge on any atom is 0.298 e. The fraction of sp³-hybridized carbons (Fsp3) is 0.424. The van der Waals surface area contributed by atoms with Crippen LogP contribution in [0.15, 0.2) is 186 Å². The second-order valence-corrected chi connectivity index (χ2v) is 44.4. The van der Waals surface area contributed by atoms with Gasteiger partial charge >= 0.3 is 0 Å². The van der Waals surface area contributed by atoms with Gasteiger partial charge in [-0.15, -0.1) is 22.7 Å². The van der Waals surface area contributed by atoms with Gasteiger partial charge in [0, 0.05) is 107 Å². The normalized spacial score (nSPS) is 15.3. The molecule has 14 rings (SSSR count). The third kappa shape index (κ3) is 27.8. The van der Waals surface area contributed by atoms with Crippen molar-refractivity contribution in [3.8, 4) is 51.4 Å². The molecule has 4 aliphatic rings. The first-order valence-corrected chi connectivity index (χ1v) is 54.3. The smallest absolute Gasteiger partial charge is 0.298 e. The first-order chi connectivity index (χ1) is 62.3. The Balaban J connectivity index is 0.000000182. The van der Waals surface area contributed by atoms with Crippen molar-refractivity contribution in [2.75, 3.05) is 68.3 Å². The quantitative estimate of drug-likeness (QED) is 0.0303. The average Bonchev–Trinajstić information content (AvgIpc) is 1.53. The van der Waals surface area contributed by atoms with E-state index in [1.165, 1.54) is 101 Å². The van der Waals surface area contributed by atoms with Crippen molar-refractivity contribution in [1.82, 2.24) is 32.2 Å². The Bertz CT molecular complexity index is 5790. The molecule has 696 valence electrons. The van der Waals surface area contributed by atoms with E-state index in [1.54, 1.807) is 53.6 Å². The number of thiazole rings is 3. The second-order valence-electron chi connectivity index (χ2n) is 33.1. The van der Waals surface area contributed by atoms with E-state index in [0.717, 1.165) is 180 Å². The highest BCUT2D eigenvalue weighted by Gasteiger charge is 2.34. The van der Waals surface area contributed by atoms with E-state index in [0.29, 0.717) is 120 Å². The summed E-state index contributed by atoms with van der Waals surface area (Å²) >= 11 is 7.61. The Morgan fingerprint density at radius 3 is 1.08 bits per heavy atom. The lowest BCUT2D eigenvalue weighted by Gasteiger charge is -2.31. The predicted molar refractivity (Wildman–Crippen MR) is 529 cm³/mol. The number of benzene rings is 7. The van der Waals surface area contributed by atoms with Gasteiger partial charge in [-0.1, -0.05) is 186 Å². The summed E-state index contributed by atoms with van der Waals surface area (Å²) in [6, 6.07) is 42.9. The maximum atomic E-state index is 13.2. The van der Waals surface area contributed by atoms with Crippen LogP contribution in [-0.2, 0) is 44.9 Å². The summed E-state index contributed by atoms with van der Waals surface area (Å²) in [6.07, 6.45) is 18.2. The summed E-state index contributed by atoms with van der Waals surface area (Å²) in [7, 11) is -14.1. The zero-order chi connectivity index (χ0) is 93.9. The van der Waals surface area contributed by atoms with Crippen LogP contribution in [0.1, 0.15) is 228 Å². The first-order valence-electron chi connectivity index (χ1n) is 45.1. The van der Waals surface area contributed by atoms with E-state index >= 15 is 0 Å². The summed E-state index contributed by atoms with van der Waals surface area (Å²) in [6.45, 7) is 29.7. The minimum absolute atomic E-state index is 0.216. The molecule has 3 aromatic heterocycles. The fourth-order valence-electron chi connectivity index (χ4n) is 16.2. The Kier molecular flexibility index (Phi) is 38.9. The molecule has 0 spiro atoms. The molecule has 0 bridgehead atoms. The van der Waals surface area contributed by atoms with Crippen LogP contribution in [0.5, 0.6) is 5.75 Å². The minimum atomic E-state index is -3.58. The first kappa shape index (κ1) is 103. The van der Waals surface area contributed by atoms with Crippen LogP contribution in [0.25, 0.3) is 33.8 Å². The molecule has 23 nitrogen and oxygen atoms in total. The molecule has 0 unspecified atom stereocenters. The molecule has 0 radical (unpaired) electrons. The molecule has 0 saturated carbocycles. The highest BCUT2D eigenvalue weighted by Crippen LogP contribution is 2.38. The number of nitrogens with one attached hydrogen (secondary N) is 3. The second kappa shape index (κ2) is 49.1. The highest BCUT2D eigenvalue weighted by atomic mass is 79.9. The van der Waals surface area contributed by atoms with E-state index in [9.17, 15) is 52.8 Å². The number of nitrogens with zero attached hydrogens (tertiary/aromatic N) is 7. The molecule has 130 heavy (non-hydrogen) atoms. The third-order valence-corrected chi connectivity index (χ3v) is 34.3. The molecule has 4 saturated heterocycles. The van der Waals surface area contributed by atoms with Crippen LogP contribution in [-0.4, -0.2) is 142 Å². The lowest BCUT2D eigenvalue weighted by molar-refractivity contribution is -0.120. The average molecular weight is 1970 g/mol. The molecular formula is C99H123BrN10O13S7. The van der Waals surface area contributed by atoms with Gasteiger partial charge < -0.3 is 4.74 Å². The number of carbonyl (C=O) groups excluding carboxylic acids is 4. The molecule has 7 heterocycles. The van der Waals surface area contributed by atoms with Gasteiger partial charge in [-0.3, -0.25) is 35.1 Å². The summed E-state index contributed by atoms with van der Waals surface area (Å²) in [5, 5.41) is 13.8. The van der Waals surface area contributed by atoms with Crippen molar-refractivity contribution in [2.45, 2.75) is 218 Å². The van der Waals surface area contributed by atoms with Crippen molar-refractivity contribution < 1.29 is 57.6 Å². The van der Waals surface area contributed by atoms with E-state index in [-0.39, 0.29) is 37.3 Å². The molecule has 3 N–H and O–H groups in total. The summed E-state index contributed by atoms with van der Waals surface area (Å²) in [5.74, 6) is 8.27. The number of ether oxygens (including phenoxy) is 1. The van der Waals surface area contributed by atoms with Crippen LogP contribution < -0.4 is 20.7 Å². The Labute approximate surface area is 790 Å². The number of carbonyl (C=O) groups is 4. The van der Waals surface area contributed by atoms with Gasteiger partial charge in [-0.25, -0.2) is 48.6 Å². The molecule has 7 aromatic carbocycles. The number of aromatic nitrogens is 3. The molecule has 31 heteroatoms. The Hall–Kier alpha value is -9.01. The number of unbranched alkanes of at least 4 members (excludes halogenated alkanes) is 1. The zero-order valence-electron chi connectivity index (χ0n) is 76.5. The van der Waals surface area contributed by atoms with Gasteiger partial charge in [0.15, 0.2) is 15.4 Å². The molecule has 0 aliphatic carbocycles. The van der Waals surface area contributed by atoms with Crippen LogP contribution in [0.2, 0.25) is 0 Å². The van der Waals surface area contributed by atoms with Crippen LogP contribution in [0.4, 0.5) is 15.4 Å². The molecule has 0 atom stereocenters. The molecule has 4 aliphatic heterocycles. The summed E-state index contributed by atoms with van der Waals surface area (Å²) < 4.78 is 115. The number of anilines is 3. The van der Waals surface area contributed by atoms with Crippen LogP contribution in [0, 0.1) is 70.1 Å². The third-order valence-electron chi connectivity index (χ3n) is 23.6. The van der Waals surface area contributed by atoms with Gasteiger partial charge in [0.2, 0.25) is 40.1 Å². The number of aryl methyl sites for hydroxylation is 5. The Morgan fingerprint density at radius 1 is 0.423 bits per heavy atom. The number of hydrogen-bond acceptors (Lipinski definition) is 19. The largest absolute Gasteiger partial charge is 0.429 e. The summed E-state index contributed by atoms with van der Waals surface area (Å²) in [5.41, 5.74) is 12.1. The molecule has 4 fully saturated rings. The number of halogens is 1. The lowest BCUT2D eigenvalue weighted by Crippen LogP contribution is -2.38. The number of rotatable bonds is 28. The van der Waals surface area contributed by atoms with Crippen LogP contribution in [0.3, 0.4) is 0 Å². The molecule has 10 aromatic rings. The van der Waals surface area contributed by atoms with E-state index in [2.05, 4.69) is 129 Å². The monoisotopic (exact) mass is 1960 g/mol. The van der Waals surface area contributed by atoms with Crippen molar-refractivity contribution in [1.29, 1.82) is 0 Å². The van der Waals surface area contributed by atoms with Gasteiger partial charge in [-0.05, 0) is 249 Å². The van der Waals surface area contributed by atoms with Gasteiger partial charge in [-0.2, -0.15) is 17.2 Å². The van der Waals surface area contributed by atoms with Gasteiger partial charge in [0.05, 0.1) is 36.7 Å². The number of hydrogen-bond donors (Lipinski definition) is 3. The van der Waals surface area contributed by atoms with Gasteiger partial charge in [0.25, 0.3) is 24.2 Å². The van der Waals surface area contributed by atoms with E-state index in [4.69, 9.17) is 4.98 Å². The van der Waals surface area contributed by atoms with Gasteiger partial charge in [0.1, 0.15) is 10.6 Å². The number of amides is 3. The van der Waals surface area contributed by atoms with Crippen molar-refractivity contribution in [2.24, 2.45) is 23.7 Å². The standard InChI is InChI=1S/C31H37N3O3S2.C26H31N3O3S2.C25H28BrN3O3S2.C15H21NO4S.C2H6/c1-5-7-8-10-28-29(27-21-22(3)11-12-23(27)4)32-31(38-28)33-30(35)25-13-15-26(16-14-25)39(36,37)34-19-17-24(9-6-2)18-20-34;1-4-5-20-12-14-29(15-13-20)34(31,32)22-10-8-21(9-11-22)25(30)28-26-27-24(17-33-26)23-16-18(2)6-7-19(23)3;1-3-4-18-11-13-29(14-12-18)34(31,32)20-8-6-19(7-9-20)24(30)28-25-27-23(16-33-25)21-15-17(2)5-10-22(21)26;1-2-3-13-8-10-16(11-9-13)21(18,19)15-6-4-14(5-7-15)20-12-17;1-2/h11-16,21,24H,5-7,9,17-20H2,1-4H3,(H,32,33,35);6-11,16-17,20H,4-5,12-15H2,1-3H3,(H,27,28,30);5-10,15-16,18H,3-4,11-14H2,1-2H3,(H,27,28,30);4-7,12-13H,2-3,8-11H2,1H3;1-2H3. The number of piperidine rings is 4.